The van der Waals surface area contributed by atoms with Crippen molar-refractivity contribution in [3.63, 3.8) is 0 Å². The van der Waals surface area contributed by atoms with E-state index in [4.69, 9.17) is 4.42 Å². The third-order valence-corrected chi connectivity index (χ3v) is 4.81. The average Bonchev–Trinajstić information content (AvgIpc) is 3.07. The Bertz CT molecular complexity index is 963. The van der Waals surface area contributed by atoms with Gasteiger partial charge >= 0.3 is 0 Å². The number of hydrogen-bond acceptors (Lipinski definition) is 3. The predicted molar refractivity (Wildman–Crippen MR) is 108 cm³/mol. The Kier molecular flexibility index (Phi) is 5.45. The number of anilines is 1. The normalized spacial score (nSPS) is 10.9. The van der Waals surface area contributed by atoms with Crippen molar-refractivity contribution in [2.45, 2.75) is 47.5 Å². The van der Waals surface area contributed by atoms with Gasteiger partial charge in [-0.3, -0.25) is 4.79 Å². The molecule has 0 spiro atoms. The van der Waals surface area contributed by atoms with Crippen molar-refractivity contribution in [1.29, 1.82) is 0 Å². The zero-order valence-corrected chi connectivity index (χ0v) is 16.6. The van der Waals surface area contributed by atoms with Crippen molar-refractivity contribution in [2.75, 3.05) is 5.32 Å². The van der Waals surface area contributed by atoms with Gasteiger partial charge in [0.2, 0.25) is 0 Å². The van der Waals surface area contributed by atoms with Crippen LogP contribution < -0.4 is 5.32 Å². The van der Waals surface area contributed by atoms with E-state index in [0.29, 0.717) is 18.0 Å². The second kappa shape index (κ2) is 7.78. The Morgan fingerprint density at radius 3 is 2.41 bits per heavy atom. The highest BCUT2D eigenvalue weighted by Crippen LogP contribution is 2.22. The Balaban J connectivity index is 1.78. The van der Waals surface area contributed by atoms with Gasteiger partial charge in [0.25, 0.3) is 5.91 Å². The van der Waals surface area contributed by atoms with Crippen molar-refractivity contribution >= 4 is 11.7 Å². The summed E-state index contributed by atoms with van der Waals surface area (Å²) in [4.78, 5) is 17.0. The maximum absolute atomic E-state index is 12.6. The van der Waals surface area contributed by atoms with Crippen LogP contribution in [0.3, 0.4) is 0 Å². The first-order chi connectivity index (χ1) is 12.9. The molecule has 0 saturated carbocycles. The van der Waals surface area contributed by atoms with E-state index >= 15 is 0 Å². The van der Waals surface area contributed by atoms with Gasteiger partial charge in [-0.25, -0.2) is 4.98 Å². The fourth-order valence-electron chi connectivity index (χ4n) is 3.41. The van der Waals surface area contributed by atoms with E-state index in [1.807, 2.05) is 32.0 Å². The molecule has 27 heavy (non-hydrogen) atoms. The number of rotatable bonds is 5. The van der Waals surface area contributed by atoms with Crippen LogP contribution in [0.15, 0.2) is 40.8 Å². The molecule has 3 aromatic rings. The molecule has 0 aliphatic rings. The number of carbonyl (C=O) groups excluding carboxylic acids is 1. The minimum Gasteiger partial charge on any atom is -0.456 e. The van der Waals surface area contributed by atoms with E-state index in [0.717, 1.165) is 23.4 Å². The van der Waals surface area contributed by atoms with E-state index in [2.05, 4.69) is 43.2 Å². The number of pyridine rings is 1. The van der Waals surface area contributed by atoms with Gasteiger partial charge in [0.05, 0.1) is 0 Å². The van der Waals surface area contributed by atoms with Crippen molar-refractivity contribution in [3.05, 3.63) is 81.4 Å². The molecule has 0 unspecified atom stereocenters. The Hall–Kier alpha value is -2.88. The molecule has 1 N–H and O–H groups in total. The standard InChI is InChI=1S/C23H26N2O2/c1-6-18-8-7-17(5)24-22(18)25-23(26)21-10-9-19(27-21)13-20-15(3)11-14(2)12-16(20)4/h7-12H,6,13H2,1-5H3,(H,24,25,26). The maximum Gasteiger partial charge on any atom is 0.292 e. The van der Waals surface area contributed by atoms with Gasteiger partial charge < -0.3 is 9.73 Å². The molecule has 0 saturated heterocycles. The summed E-state index contributed by atoms with van der Waals surface area (Å²) in [6.45, 7) is 10.3. The summed E-state index contributed by atoms with van der Waals surface area (Å²) < 4.78 is 5.83. The molecule has 2 heterocycles. The third-order valence-electron chi connectivity index (χ3n) is 4.81. The number of benzene rings is 1. The molecule has 4 nitrogen and oxygen atoms in total. The molecule has 1 aromatic carbocycles. The summed E-state index contributed by atoms with van der Waals surface area (Å²) in [5.74, 6) is 1.41. The molecule has 3 rings (SSSR count). The van der Waals surface area contributed by atoms with Crippen LogP contribution in [0.2, 0.25) is 0 Å². The summed E-state index contributed by atoms with van der Waals surface area (Å²) in [6, 6.07) is 11.9. The number of furan rings is 1. The smallest absolute Gasteiger partial charge is 0.292 e. The molecule has 1 amide bonds. The molecule has 0 fully saturated rings. The first-order valence-corrected chi connectivity index (χ1v) is 9.30. The van der Waals surface area contributed by atoms with Crippen LogP contribution in [0.1, 0.15) is 56.7 Å². The van der Waals surface area contributed by atoms with E-state index in [-0.39, 0.29) is 5.91 Å². The minimum atomic E-state index is -0.272. The molecule has 0 aliphatic carbocycles. The Morgan fingerprint density at radius 2 is 1.74 bits per heavy atom. The van der Waals surface area contributed by atoms with Crippen molar-refractivity contribution < 1.29 is 9.21 Å². The molecule has 0 atom stereocenters. The second-order valence-electron chi connectivity index (χ2n) is 7.09. The van der Waals surface area contributed by atoms with Crippen LogP contribution in [-0.2, 0) is 12.8 Å². The largest absolute Gasteiger partial charge is 0.456 e. The lowest BCUT2D eigenvalue weighted by Crippen LogP contribution is -2.14. The number of aromatic nitrogens is 1. The number of nitrogens with one attached hydrogen (secondary N) is 1. The van der Waals surface area contributed by atoms with Crippen molar-refractivity contribution in [2.24, 2.45) is 0 Å². The highest BCUT2D eigenvalue weighted by Gasteiger charge is 2.15. The van der Waals surface area contributed by atoms with Crippen LogP contribution in [0.5, 0.6) is 0 Å². The van der Waals surface area contributed by atoms with Crippen molar-refractivity contribution in [1.82, 2.24) is 4.98 Å². The number of nitrogens with zero attached hydrogens (tertiary/aromatic N) is 1. The van der Waals surface area contributed by atoms with Crippen LogP contribution in [0, 0.1) is 27.7 Å². The fourth-order valence-corrected chi connectivity index (χ4v) is 3.41. The number of aryl methyl sites for hydroxylation is 5. The monoisotopic (exact) mass is 362 g/mol. The molecule has 0 radical (unpaired) electrons. The van der Waals surface area contributed by atoms with E-state index < -0.39 is 0 Å². The van der Waals surface area contributed by atoms with Crippen LogP contribution in [0.4, 0.5) is 5.82 Å². The first kappa shape index (κ1) is 18.9. The number of amides is 1. The summed E-state index contributed by atoms with van der Waals surface area (Å²) in [5, 5.41) is 2.88. The summed E-state index contributed by atoms with van der Waals surface area (Å²) in [6.07, 6.45) is 1.48. The molecule has 0 bridgehead atoms. The fraction of sp³-hybridized carbons (Fsp3) is 0.304. The van der Waals surface area contributed by atoms with Gasteiger partial charge in [0, 0.05) is 12.1 Å². The molecule has 140 valence electrons. The van der Waals surface area contributed by atoms with Crippen molar-refractivity contribution in [3.8, 4) is 0 Å². The summed E-state index contributed by atoms with van der Waals surface area (Å²) >= 11 is 0. The van der Waals surface area contributed by atoms with Gasteiger partial charge in [-0.15, -0.1) is 0 Å². The number of hydrogen-bond donors (Lipinski definition) is 1. The lowest BCUT2D eigenvalue weighted by Gasteiger charge is -2.10. The number of carbonyl (C=O) groups is 1. The molecule has 0 aliphatic heterocycles. The molecular weight excluding hydrogens is 336 g/mol. The van der Waals surface area contributed by atoms with Gasteiger partial charge in [-0.05, 0) is 74.6 Å². The van der Waals surface area contributed by atoms with Gasteiger partial charge in [0.1, 0.15) is 11.6 Å². The van der Waals surface area contributed by atoms with Gasteiger partial charge in [0.15, 0.2) is 5.76 Å². The lowest BCUT2D eigenvalue weighted by atomic mass is 9.97. The van der Waals surface area contributed by atoms with E-state index in [9.17, 15) is 4.79 Å². The van der Waals surface area contributed by atoms with Crippen LogP contribution in [0.25, 0.3) is 0 Å². The SMILES string of the molecule is CCc1ccc(C)nc1NC(=O)c1ccc(Cc2c(C)cc(C)cc2C)o1. The topological polar surface area (TPSA) is 55.1 Å². The highest BCUT2D eigenvalue weighted by atomic mass is 16.3. The summed E-state index contributed by atoms with van der Waals surface area (Å²) in [7, 11) is 0. The van der Waals surface area contributed by atoms with Crippen LogP contribution >= 0.6 is 0 Å². The lowest BCUT2D eigenvalue weighted by molar-refractivity contribution is 0.0994. The quantitative estimate of drug-likeness (QED) is 0.669. The average molecular weight is 362 g/mol. The van der Waals surface area contributed by atoms with E-state index in [1.165, 1.54) is 22.3 Å². The molecule has 2 aromatic heterocycles. The van der Waals surface area contributed by atoms with Gasteiger partial charge in [-0.1, -0.05) is 30.7 Å². The van der Waals surface area contributed by atoms with E-state index in [1.54, 1.807) is 6.07 Å². The molecule has 4 heteroatoms. The first-order valence-electron chi connectivity index (χ1n) is 9.30. The Morgan fingerprint density at radius 1 is 1.04 bits per heavy atom. The minimum absolute atomic E-state index is 0.272. The Labute approximate surface area is 160 Å². The third kappa shape index (κ3) is 4.27. The second-order valence-corrected chi connectivity index (χ2v) is 7.09. The molecular formula is C23H26N2O2. The zero-order chi connectivity index (χ0) is 19.6. The van der Waals surface area contributed by atoms with Gasteiger partial charge in [-0.2, -0.15) is 0 Å². The zero-order valence-electron chi connectivity index (χ0n) is 16.6. The predicted octanol–water partition coefficient (Wildman–Crippen LogP) is 5.31. The maximum atomic E-state index is 12.6. The highest BCUT2D eigenvalue weighted by molar-refractivity contribution is 6.02. The summed E-state index contributed by atoms with van der Waals surface area (Å²) in [5.41, 5.74) is 6.86. The van der Waals surface area contributed by atoms with Crippen LogP contribution in [-0.4, -0.2) is 10.9 Å².